The molecule has 2 aromatic heterocycles. The number of carbonyl (C=O) groups excluding carboxylic acids is 1. The van der Waals surface area contributed by atoms with Gasteiger partial charge < -0.3 is 9.72 Å². The molecule has 1 fully saturated rings. The number of amides is 1. The summed E-state index contributed by atoms with van der Waals surface area (Å²) in [6.45, 7) is 4.01. The number of pyridine rings is 1. The van der Waals surface area contributed by atoms with Crippen LogP contribution in [-0.2, 0) is 4.74 Å². The Bertz CT molecular complexity index is 1080. The molecule has 1 saturated heterocycles. The molecule has 1 N–H and O–H groups in total. The fourth-order valence-electron chi connectivity index (χ4n) is 4.78. The predicted octanol–water partition coefficient (Wildman–Crippen LogP) is 5.47. The lowest BCUT2D eigenvalue weighted by atomic mass is 9.86. The minimum absolute atomic E-state index is 0.0758. The Hall–Kier alpha value is -3.08. The summed E-state index contributed by atoms with van der Waals surface area (Å²) in [6.07, 6.45) is 8.58. The maximum absolute atomic E-state index is 12.8. The molecule has 0 spiro atoms. The summed E-state index contributed by atoms with van der Waals surface area (Å²) in [5.74, 6) is 0. The Morgan fingerprint density at radius 2 is 2.03 bits per heavy atom. The number of rotatable bonds is 3. The van der Waals surface area contributed by atoms with E-state index in [2.05, 4.69) is 34.2 Å². The summed E-state index contributed by atoms with van der Waals surface area (Å²) in [7, 11) is 0. The van der Waals surface area contributed by atoms with Gasteiger partial charge in [-0.3, -0.25) is 9.88 Å². The number of fused-ring (bicyclic) bond motifs is 1. The second-order valence-electron chi connectivity index (χ2n) is 8.48. The van der Waals surface area contributed by atoms with E-state index in [1.807, 2.05) is 55.4 Å². The average Bonchev–Trinajstić information content (AvgIpc) is 3.29. The highest BCUT2D eigenvalue weighted by atomic mass is 16.6. The lowest BCUT2D eigenvalue weighted by molar-refractivity contribution is 0.0668. The van der Waals surface area contributed by atoms with Crippen LogP contribution >= 0.6 is 0 Å². The number of cyclic esters (lactones) is 1. The van der Waals surface area contributed by atoms with E-state index in [4.69, 9.17) is 4.74 Å². The van der Waals surface area contributed by atoms with Crippen molar-refractivity contribution in [2.75, 3.05) is 0 Å². The first-order valence-corrected chi connectivity index (χ1v) is 10.2. The van der Waals surface area contributed by atoms with Gasteiger partial charge in [-0.2, -0.15) is 0 Å². The molecule has 5 heteroatoms. The van der Waals surface area contributed by atoms with Crippen molar-refractivity contribution in [3.05, 3.63) is 72.1 Å². The van der Waals surface area contributed by atoms with Gasteiger partial charge in [0.2, 0.25) is 0 Å². The van der Waals surface area contributed by atoms with Crippen LogP contribution in [0.25, 0.3) is 16.6 Å². The Morgan fingerprint density at radius 3 is 2.79 bits per heavy atom. The summed E-state index contributed by atoms with van der Waals surface area (Å²) in [5.41, 5.74) is 5.07. The lowest BCUT2D eigenvalue weighted by Crippen LogP contribution is -2.41. The van der Waals surface area contributed by atoms with Gasteiger partial charge in [-0.15, -0.1) is 0 Å². The van der Waals surface area contributed by atoms with Gasteiger partial charge >= 0.3 is 6.09 Å². The first kappa shape index (κ1) is 18.0. The van der Waals surface area contributed by atoms with Gasteiger partial charge in [-0.25, -0.2) is 4.79 Å². The maximum Gasteiger partial charge on any atom is 0.411 e. The topological polar surface area (TPSA) is 58.2 Å². The molecule has 0 radical (unpaired) electrons. The van der Waals surface area contributed by atoms with Crippen molar-refractivity contribution in [3.8, 4) is 0 Å². The molecule has 5 rings (SSSR count). The molecule has 2 atom stereocenters. The largest absolute Gasteiger partial charge is 0.441 e. The van der Waals surface area contributed by atoms with Gasteiger partial charge in [0.05, 0.1) is 17.1 Å². The Morgan fingerprint density at radius 1 is 1.21 bits per heavy atom. The minimum Gasteiger partial charge on any atom is -0.441 e. The van der Waals surface area contributed by atoms with Crippen LogP contribution in [0.15, 0.2) is 60.9 Å². The Labute approximate surface area is 170 Å². The number of allylic oxidation sites excluding steroid dienone is 1. The number of aromatic nitrogens is 2. The highest BCUT2D eigenvalue weighted by Gasteiger charge is 2.50. The second kappa shape index (κ2) is 6.76. The number of hydrogen-bond acceptors (Lipinski definition) is 3. The van der Waals surface area contributed by atoms with Gasteiger partial charge in [0.25, 0.3) is 0 Å². The number of aromatic amines is 1. The molecule has 148 valence electrons. The molecule has 1 aliphatic carbocycles. The van der Waals surface area contributed by atoms with Crippen LogP contribution in [0, 0.1) is 0 Å². The van der Waals surface area contributed by atoms with E-state index in [0.29, 0.717) is 0 Å². The zero-order valence-electron chi connectivity index (χ0n) is 16.8. The van der Waals surface area contributed by atoms with E-state index in [-0.39, 0.29) is 18.2 Å². The summed E-state index contributed by atoms with van der Waals surface area (Å²) in [6, 6.07) is 14.4. The Kier molecular flexibility index (Phi) is 4.19. The fraction of sp³-hybridized carbons (Fsp3) is 0.333. The van der Waals surface area contributed by atoms with Crippen molar-refractivity contribution < 1.29 is 9.53 Å². The third-order valence-electron chi connectivity index (χ3n) is 6.16. The zero-order valence-corrected chi connectivity index (χ0v) is 16.8. The van der Waals surface area contributed by atoms with Gasteiger partial charge in [0.1, 0.15) is 5.60 Å². The van der Waals surface area contributed by atoms with E-state index < -0.39 is 5.60 Å². The molecule has 2 aliphatic rings. The Balaban J connectivity index is 1.42. The number of H-pyrrole nitrogens is 1. The highest BCUT2D eigenvalue weighted by Crippen LogP contribution is 2.44. The molecule has 5 nitrogen and oxygen atoms in total. The molecule has 3 aromatic rings. The highest BCUT2D eigenvalue weighted by molar-refractivity contribution is 5.80. The molecule has 1 amide bonds. The van der Waals surface area contributed by atoms with Crippen molar-refractivity contribution in [1.29, 1.82) is 0 Å². The van der Waals surface area contributed by atoms with Crippen LogP contribution in [0.4, 0.5) is 4.79 Å². The fourth-order valence-corrected chi connectivity index (χ4v) is 4.78. The molecule has 1 aliphatic heterocycles. The van der Waals surface area contributed by atoms with Crippen molar-refractivity contribution in [3.63, 3.8) is 0 Å². The molecule has 0 bridgehead atoms. The summed E-state index contributed by atoms with van der Waals surface area (Å²) >= 11 is 0. The van der Waals surface area contributed by atoms with E-state index in [0.717, 1.165) is 41.4 Å². The van der Waals surface area contributed by atoms with Gasteiger partial charge in [0, 0.05) is 18.4 Å². The molecular formula is C24H25N3O2. The van der Waals surface area contributed by atoms with Crippen molar-refractivity contribution >= 4 is 22.7 Å². The molecule has 0 saturated carbocycles. The van der Waals surface area contributed by atoms with Gasteiger partial charge in [0.15, 0.2) is 0 Å². The average molecular weight is 387 g/mol. The van der Waals surface area contributed by atoms with Crippen molar-refractivity contribution in [2.24, 2.45) is 0 Å². The number of nitrogens with zero attached hydrogens (tertiary/aromatic N) is 2. The van der Waals surface area contributed by atoms with E-state index in [1.165, 1.54) is 5.57 Å². The standard InChI is InChI=1S/C24H25N3O2/c1-24(2)22(17-6-4-3-5-7-17)27(23(28)29-24)19-10-8-16(9-11-19)18-14-21-20(26-15-18)12-13-25-21/h3-8,12-15,19,22,25H,9-11H2,1-2H3/t19-,22+/m1/s1. The number of nitrogens with one attached hydrogen (secondary N) is 1. The summed E-state index contributed by atoms with van der Waals surface area (Å²) in [5, 5.41) is 0. The maximum atomic E-state index is 12.8. The smallest absolute Gasteiger partial charge is 0.411 e. The minimum atomic E-state index is -0.551. The van der Waals surface area contributed by atoms with Crippen LogP contribution in [0.3, 0.4) is 0 Å². The first-order chi connectivity index (χ1) is 14.0. The first-order valence-electron chi connectivity index (χ1n) is 10.2. The lowest BCUT2D eigenvalue weighted by Gasteiger charge is -2.36. The van der Waals surface area contributed by atoms with Gasteiger partial charge in [-0.1, -0.05) is 36.4 Å². The molecule has 3 heterocycles. The molecular weight excluding hydrogens is 362 g/mol. The van der Waals surface area contributed by atoms with E-state index in [1.54, 1.807) is 0 Å². The van der Waals surface area contributed by atoms with Crippen molar-refractivity contribution in [1.82, 2.24) is 14.9 Å². The molecule has 0 unspecified atom stereocenters. The zero-order chi connectivity index (χ0) is 20.0. The number of carbonyl (C=O) groups is 1. The monoisotopic (exact) mass is 387 g/mol. The summed E-state index contributed by atoms with van der Waals surface area (Å²) in [4.78, 5) is 22.5. The van der Waals surface area contributed by atoms with Crippen molar-refractivity contribution in [2.45, 2.75) is 50.8 Å². The summed E-state index contributed by atoms with van der Waals surface area (Å²) < 4.78 is 5.78. The van der Waals surface area contributed by atoms with Crippen LogP contribution in [0.1, 0.15) is 50.3 Å². The normalized spacial score (nSPS) is 23.9. The third-order valence-corrected chi connectivity index (χ3v) is 6.16. The molecule has 29 heavy (non-hydrogen) atoms. The van der Waals surface area contributed by atoms with E-state index in [9.17, 15) is 4.79 Å². The third kappa shape index (κ3) is 3.11. The van der Waals surface area contributed by atoms with E-state index >= 15 is 0 Å². The van der Waals surface area contributed by atoms with Crippen LogP contribution in [-0.4, -0.2) is 32.6 Å². The quantitative estimate of drug-likeness (QED) is 0.648. The number of hydrogen-bond donors (Lipinski definition) is 1. The van der Waals surface area contributed by atoms with Crippen LogP contribution < -0.4 is 0 Å². The van der Waals surface area contributed by atoms with Crippen LogP contribution in [0.2, 0.25) is 0 Å². The number of benzene rings is 1. The predicted molar refractivity (Wildman–Crippen MR) is 113 cm³/mol. The second-order valence-corrected chi connectivity index (χ2v) is 8.48. The van der Waals surface area contributed by atoms with Crippen LogP contribution in [0.5, 0.6) is 0 Å². The van der Waals surface area contributed by atoms with Gasteiger partial charge in [-0.05, 0) is 61.9 Å². The number of ether oxygens (including phenoxy) is 1. The SMILES string of the molecule is CC1(C)OC(=O)N([C@@H]2CC=C(c3cnc4cc[nH]c4c3)CC2)[C@H]1c1ccccc1. The molecule has 1 aromatic carbocycles.